The molecule has 7 saturated carbocycles. The number of ether oxygens (including phenoxy) is 1. The molecule has 33 nitrogen and oxygen atoms in total. The number of benzene rings is 2. The fourth-order valence-electron chi connectivity index (χ4n) is 19.5. The molecule has 2 aromatic carbocycles. The Kier molecular flexibility index (Phi) is 25.2. The maximum atomic E-state index is 13.5. The van der Waals surface area contributed by atoms with Gasteiger partial charge in [-0.25, -0.2) is 67.8 Å². The number of aromatic nitrogens is 16. The second-order valence-electron chi connectivity index (χ2n) is 40.1. The summed E-state index contributed by atoms with van der Waals surface area (Å²) in [6.45, 7) is 22.1. The molecule has 8 aromatic heterocycles. The molecule has 704 valence electrons. The van der Waals surface area contributed by atoms with Gasteiger partial charge in [0.1, 0.15) is 29.0 Å². The van der Waals surface area contributed by atoms with Crippen molar-refractivity contribution in [2.24, 2.45) is 29.6 Å². The lowest BCUT2D eigenvalue weighted by Gasteiger charge is -2.29. The van der Waals surface area contributed by atoms with E-state index in [0.717, 1.165) is 97.4 Å². The molecule has 12 heterocycles. The van der Waals surface area contributed by atoms with Crippen LogP contribution in [0.3, 0.4) is 0 Å². The van der Waals surface area contributed by atoms with Gasteiger partial charge in [-0.05, 0) is 192 Å². The SMILES string of the molecule is CC(C)[C@H]1CN(C)C(=O)N1c1ccnc(NC2(c3cn(-c4ccc(C5CC5)cc4)cn3)CC2)n1.CC(C)[C@H]1CN(C)C(=O)N1c1ccnc(NC2(c3cn(C4CCC(F)(F)CC4)cn3)CC2)n1.CC1CCC(n2cnc(C3(Nc4nccc(N5C(=O)N(C)C[C@@H]5C(C)C)n4)CC3)c2)CC1.COc1cc(Cl)cc(-n2cnc(C3(Nc4nccc(N5C(=O)N(C)C[C@@H]5C(C)C)n4)CC3)c2)c1. The molecule has 4 saturated heterocycles. The highest BCUT2D eigenvalue weighted by Gasteiger charge is 2.53. The van der Waals surface area contributed by atoms with Crippen molar-refractivity contribution in [3.63, 3.8) is 0 Å². The number of urea groups is 4. The van der Waals surface area contributed by atoms with Crippen LogP contribution >= 0.6 is 11.6 Å². The van der Waals surface area contributed by atoms with Crippen LogP contribution in [0.15, 0.2) is 142 Å². The summed E-state index contributed by atoms with van der Waals surface area (Å²) in [6, 6.07) is 22.4. The highest BCUT2D eigenvalue weighted by atomic mass is 35.5. The smallest absolute Gasteiger partial charge is 0.325 e. The highest BCUT2D eigenvalue weighted by molar-refractivity contribution is 6.31. The van der Waals surface area contributed by atoms with Crippen LogP contribution in [0.2, 0.25) is 5.02 Å². The fourth-order valence-corrected chi connectivity index (χ4v) is 19.7. The lowest BCUT2D eigenvalue weighted by molar-refractivity contribution is -0.0439. The third-order valence-corrected chi connectivity index (χ3v) is 29.0. The van der Waals surface area contributed by atoms with E-state index in [1.165, 1.54) is 44.1 Å². The Hall–Kier alpha value is -12.2. The third-order valence-electron chi connectivity index (χ3n) is 28.8. The summed E-state index contributed by atoms with van der Waals surface area (Å²) in [5, 5.41) is 14.6. The summed E-state index contributed by atoms with van der Waals surface area (Å²) in [6.07, 6.45) is 38.6. The molecule has 0 unspecified atom stereocenters. The molecule has 0 radical (unpaired) electrons. The lowest BCUT2D eigenvalue weighted by atomic mass is 9.87. The third kappa shape index (κ3) is 19.4. The van der Waals surface area contributed by atoms with Crippen molar-refractivity contribution < 1.29 is 32.7 Å². The van der Waals surface area contributed by atoms with Crippen molar-refractivity contribution in [3.8, 4) is 17.1 Å². The van der Waals surface area contributed by atoms with Crippen molar-refractivity contribution in [2.45, 2.75) is 248 Å². The number of nitrogens with zero attached hydrogens (tertiary/aromatic N) is 24. The van der Waals surface area contributed by atoms with Crippen molar-refractivity contribution in [1.29, 1.82) is 0 Å². The number of nitrogens with one attached hydrogen (secondary N) is 4. The predicted octanol–water partition coefficient (Wildman–Crippen LogP) is 17.7. The minimum atomic E-state index is -2.54. The van der Waals surface area contributed by atoms with Gasteiger partial charge in [-0.1, -0.05) is 86.0 Å². The van der Waals surface area contributed by atoms with Crippen LogP contribution in [-0.4, -0.2) is 213 Å². The highest BCUT2D eigenvalue weighted by Crippen LogP contribution is 2.53. The topological polar surface area (TPSA) is 326 Å². The first-order valence-corrected chi connectivity index (χ1v) is 47.8. The standard InChI is InChI=1S/C26H31N7O.C24H28ClN7O2.C24H35N7O.C23H31F2N7O/c1-17(2)21-14-31(3)25(34)33(21)23-10-13-27-24(29-23)30-26(11-12-26)22-15-32(16-28-22)20-8-6-19(7-9-20)18-4-5-18;1-15(2)19-12-30(3)23(33)32(19)21-5-8-26-22(28-21)29-24(6-7-24)20-13-31(14-27-20)17-9-16(25)10-18(11-17)34-4;1-16(2)19-13-29(4)23(32)31(19)21-9-12-25-22(27-21)28-24(10-11-24)20-14-30(15-26-20)18-7-5-17(3)6-8-18;1-15(2)17-12-30(3)21(33)32(17)19-6-11-26-20(28-19)29-22(9-10-22)18-13-31(14-27-18)16-4-7-23(24,25)8-5-16/h6-10,13,15-18,21H,4-5,11-12,14H2,1-3H3,(H,27,29,30);5,8-11,13-15,19H,6-7,12H2,1-4H3,(H,26,28,29);9,12,14-19H,5-8,10-11,13H2,1-4H3,(H,25,27,28);6,11,13-17H,4-5,7-10,12H2,1-3H3,(H,26,28,29)/t21-;19-;17?,18?,19-;17-/m1111/s1. The van der Waals surface area contributed by atoms with Gasteiger partial charge in [0.2, 0.25) is 29.7 Å². The maximum Gasteiger partial charge on any atom is 0.325 e. The average molecular weight is 1840 g/mol. The second-order valence-corrected chi connectivity index (χ2v) is 40.6. The molecule has 0 bridgehead atoms. The molecule has 11 fully saturated rings. The molecule has 133 heavy (non-hydrogen) atoms. The number of carbonyl (C=O) groups excluding carboxylic acids is 4. The molecule has 8 amide bonds. The largest absolute Gasteiger partial charge is 0.497 e. The van der Waals surface area contributed by atoms with E-state index in [1.54, 1.807) is 104 Å². The zero-order valence-electron chi connectivity index (χ0n) is 78.7. The van der Waals surface area contributed by atoms with Crippen LogP contribution in [0.5, 0.6) is 5.75 Å². The summed E-state index contributed by atoms with van der Waals surface area (Å²) < 4.78 is 40.7. The monoisotopic (exact) mass is 1840 g/mol. The van der Waals surface area contributed by atoms with Gasteiger partial charge < -0.3 is 63.9 Å². The molecule has 7 aliphatic carbocycles. The molecule has 10 aromatic rings. The number of hydrogen-bond donors (Lipinski definition) is 4. The van der Waals surface area contributed by atoms with Gasteiger partial charge in [-0.2, -0.15) is 19.9 Å². The van der Waals surface area contributed by atoms with Crippen molar-refractivity contribution in [3.05, 3.63) is 175 Å². The normalized spacial score (nSPS) is 23.0. The van der Waals surface area contributed by atoms with E-state index in [1.807, 2.05) is 84.5 Å². The van der Waals surface area contributed by atoms with Crippen molar-refractivity contribution in [2.75, 3.05) is 102 Å². The van der Waals surface area contributed by atoms with Crippen LogP contribution in [0.1, 0.15) is 224 Å². The Morgan fingerprint density at radius 3 is 1.04 bits per heavy atom. The van der Waals surface area contributed by atoms with Crippen LogP contribution < -0.4 is 45.6 Å². The molecule has 0 spiro atoms. The van der Waals surface area contributed by atoms with Crippen LogP contribution in [0.4, 0.5) is 75.0 Å². The van der Waals surface area contributed by atoms with E-state index in [0.29, 0.717) is 127 Å². The molecule has 4 atom stereocenters. The zero-order valence-corrected chi connectivity index (χ0v) is 79.4. The number of alkyl halides is 2. The molecule has 21 rings (SSSR count). The van der Waals surface area contributed by atoms with E-state index < -0.39 is 5.92 Å². The van der Waals surface area contributed by atoms with Gasteiger partial charge in [0.05, 0.1) is 107 Å². The quantitative estimate of drug-likeness (QED) is 0.0391. The van der Waals surface area contributed by atoms with Crippen LogP contribution in [-0.2, 0) is 22.2 Å². The molecular weight excluding hydrogens is 1710 g/mol. The Bertz CT molecular complexity index is 5840. The van der Waals surface area contributed by atoms with E-state index in [4.69, 9.17) is 41.3 Å². The summed E-state index contributed by atoms with van der Waals surface area (Å²) in [4.78, 5) is 121. The number of rotatable bonds is 26. The Morgan fingerprint density at radius 1 is 0.391 bits per heavy atom. The number of methoxy groups -OCH3 is 1. The van der Waals surface area contributed by atoms with Crippen LogP contribution in [0.25, 0.3) is 11.4 Å². The minimum absolute atomic E-state index is 0.00460. The number of halogens is 3. The first kappa shape index (κ1) is 91.3. The van der Waals surface area contributed by atoms with Gasteiger partial charge in [-0.3, -0.25) is 19.6 Å². The van der Waals surface area contributed by atoms with E-state index in [9.17, 15) is 28.0 Å². The van der Waals surface area contributed by atoms with Gasteiger partial charge in [0.25, 0.3) is 0 Å². The van der Waals surface area contributed by atoms with Gasteiger partial charge >= 0.3 is 24.1 Å². The Labute approximate surface area is 781 Å². The molecule has 4 aliphatic heterocycles. The van der Waals surface area contributed by atoms with E-state index in [2.05, 4.69) is 164 Å². The molecular formula is C97H125ClF2N28O5. The fraction of sp³-hybridized carbons (Fsp3) is 0.546. The first-order valence-electron chi connectivity index (χ1n) is 47.4. The minimum Gasteiger partial charge on any atom is -0.497 e. The van der Waals surface area contributed by atoms with E-state index >= 15 is 0 Å². The number of likely N-dealkylation sites (N-methyl/N-ethyl adjacent to an activating group) is 4. The number of imidazole rings is 4. The Morgan fingerprint density at radius 2 is 0.714 bits per heavy atom. The summed E-state index contributed by atoms with van der Waals surface area (Å²) in [7, 11) is 8.93. The van der Waals surface area contributed by atoms with Gasteiger partial charge in [0.15, 0.2) is 0 Å². The molecule has 4 N–H and O–H groups in total. The van der Waals surface area contributed by atoms with Crippen molar-refractivity contribution in [1.82, 2.24) is 97.7 Å². The van der Waals surface area contributed by atoms with Gasteiger partial charge in [0, 0.05) is 146 Å². The number of anilines is 8. The average Bonchev–Trinajstić information content (AvgIpc) is 1.60. The van der Waals surface area contributed by atoms with Crippen molar-refractivity contribution >= 4 is 82.8 Å². The number of amides is 8. The van der Waals surface area contributed by atoms with Crippen LogP contribution in [0, 0.1) is 29.6 Å². The first-order chi connectivity index (χ1) is 63.8. The summed E-state index contributed by atoms with van der Waals surface area (Å²) in [5.74, 6) is 5.56. The predicted molar refractivity (Wildman–Crippen MR) is 507 cm³/mol. The summed E-state index contributed by atoms with van der Waals surface area (Å²) >= 11 is 6.24. The Balaban J connectivity index is 0.000000119. The zero-order chi connectivity index (χ0) is 93.3. The molecule has 11 aliphatic rings. The van der Waals surface area contributed by atoms with Gasteiger partial charge in [-0.15, -0.1) is 0 Å². The van der Waals surface area contributed by atoms with E-state index in [-0.39, 0.29) is 89.3 Å². The number of hydrogen-bond acceptors (Lipinski definition) is 21. The molecule has 36 heteroatoms. The lowest BCUT2D eigenvalue weighted by Crippen LogP contribution is -2.38. The number of carbonyl (C=O) groups is 4. The summed E-state index contributed by atoms with van der Waals surface area (Å²) in [5.41, 5.74) is 6.11. The second kappa shape index (κ2) is 36.7. The maximum absolute atomic E-state index is 13.5.